The number of aryl methyl sites for hydroxylation is 1. The molecule has 8 nitrogen and oxygen atoms in total. The molecule has 1 unspecified atom stereocenters. The van der Waals surface area contributed by atoms with E-state index in [1.54, 1.807) is 13.0 Å². The van der Waals surface area contributed by atoms with Crippen LogP contribution >= 0.6 is 11.3 Å². The summed E-state index contributed by atoms with van der Waals surface area (Å²) in [4.78, 5) is 15.9. The first-order chi connectivity index (χ1) is 11.1. The van der Waals surface area contributed by atoms with Gasteiger partial charge in [-0.05, 0) is 18.4 Å². The van der Waals surface area contributed by atoms with Crippen LogP contribution < -0.4 is 5.32 Å². The Hall–Kier alpha value is -2.33. The Morgan fingerprint density at radius 3 is 2.96 bits per heavy atom. The van der Waals surface area contributed by atoms with Crippen molar-refractivity contribution in [1.29, 1.82) is 0 Å². The van der Waals surface area contributed by atoms with Gasteiger partial charge >= 0.3 is 0 Å². The molecule has 0 bridgehead atoms. The van der Waals surface area contributed by atoms with E-state index in [-0.39, 0.29) is 17.4 Å². The van der Waals surface area contributed by atoms with Gasteiger partial charge in [-0.15, -0.1) is 0 Å². The predicted octanol–water partition coefficient (Wildman–Crippen LogP) is 1.98. The Morgan fingerprint density at radius 1 is 1.39 bits per heavy atom. The topological polar surface area (TPSA) is 111 Å². The maximum absolute atomic E-state index is 12.0. The molecule has 23 heavy (non-hydrogen) atoms. The minimum absolute atomic E-state index is 0.0163. The molecule has 120 valence electrons. The van der Waals surface area contributed by atoms with Crippen molar-refractivity contribution in [1.82, 2.24) is 15.3 Å². The van der Waals surface area contributed by atoms with Gasteiger partial charge < -0.3 is 14.4 Å². The maximum Gasteiger partial charge on any atom is 0.239 e. The Balaban J connectivity index is 1.54. The molecule has 1 N–H and O–H groups in total. The molecular weight excluding hydrogens is 340 g/mol. The fourth-order valence-corrected chi connectivity index (χ4v) is 3.26. The van der Waals surface area contributed by atoms with Gasteiger partial charge in [0.2, 0.25) is 17.6 Å². The summed E-state index contributed by atoms with van der Waals surface area (Å²) in [6, 6.07) is 3.44. The smallest absolute Gasteiger partial charge is 0.239 e. The van der Waals surface area contributed by atoms with E-state index in [2.05, 4.69) is 20.6 Å². The van der Waals surface area contributed by atoms with Crippen LogP contribution in [0.15, 0.2) is 31.9 Å². The van der Waals surface area contributed by atoms with Crippen molar-refractivity contribution in [3.63, 3.8) is 0 Å². The SMILES string of the molecule is Cc1cc(NC(=O)CS(=O)Cc2nc(-c3ccsc3)no2)no1. The number of anilines is 1. The Bertz CT molecular complexity index is 825. The lowest BCUT2D eigenvalue weighted by Crippen LogP contribution is -2.20. The number of amides is 1. The zero-order valence-corrected chi connectivity index (χ0v) is 13.6. The molecular formula is C13H12N4O4S2. The van der Waals surface area contributed by atoms with Gasteiger partial charge in [0.15, 0.2) is 5.82 Å². The summed E-state index contributed by atoms with van der Waals surface area (Å²) in [6.07, 6.45) is 0. The number of carbonyl (C=O) groups is 1. The zero-order valence-electron chi connectivity index (χ0n) is 12.0. The van der Waals surface area contributed by atoms with Gasteiger partial charge in [0.25, 0.3) is 0 Å². The fourth-order valence-electron chi connectivity index (χ4n) is 1.76. The maximum atomic E-state index is 12.0. The van der Waals surface area contributed by atoms with E-state index in [1.807, 2.05) is 16.8 Å². The summed E-state index contributed by atoms with van der Waals surface area (Å²) in [5, 5.41) is 13.8. The summed E-state index contributed by atoms with van der Waals surface area (Å²) in [7, 11) is -1.47. The summed E-state index contributed by atoms with van der Waals surface area (Å²) >= 11 is 1.52. The average molecular weight is 352 g/mol. The van der Waals surface area contributed by atoms with E-state index in [1.165, 1.54) is 11.3 Å². The number of rotatable bonds is 6. The second-order valence-electron chi connectivity index (χ2n) is 4.62. The van der Waals surface area contributed by atoms with E-state index >= 15 is 0 Å². The largest absolute Gasteiger partial charge is 0.360 e. The minimum Gasteiger partial charge on any atom is -0.360 e. The van der Waals surface area contributed by atoms with Gasteiger partial charge in [-0.25, -0.2) is 0 Å². The Kier molecular flexibility index (Phi) is 4.63. The highest BCUT2D eigenvalue weighted by atomic mass is 32.2. The average Bonchev–Trinajstić information content (AvgIpc) is 3.19. The quantitative estimate of drug-likeness (QED) is 0.722. The molecule has 1 atom stereocenters. The van der Waals surface area contributed by atoms with E-state index in [0.29, 0.717) is 17.4 Å². The Morgan fingerprint density at radius 2 is 2.26 bits per heavy atom. The van der Waals surface area contributed by atoms with E-state index in [4.69, 9.17) is 9.05 Å². The lowest BCUT2D eigenvalue weighted by atomic mass is 10.3. The standard InChI is InChI=1S/C13H12N4O4S2/c1-8-4-10(16-20-8)14-11(18)6-23(19)7-12-15-13(17-21-12)9-2-3-22-5-9/h2-5H,6-7H2,1H3,(H,14,16,18). The summed E-state index contributed by atoms with van der Waals surface area (Å²) in [5.41, 5.74) is 0.843. The molecule has 3 aromatic rings. The number of nitrogens with zero attached hydrogens (tertiary/aromatic N) is 3. The van der Waals surface area contributed by atoms with Crippen LogP contribution in [0.3, 0.4) is 0 Å². The van der Waals surface area contributed by atoms with Gasteiger partial charge in [-0.3, -0.25) is 9.00 Å². The van der Waals surface area contributed by atoms with Crippen LogP contribution in [0.5, 0.6) is 0 Å². The minimum atomic E-state index is -1.47. The molecule has 0 aromatic carbocycles. The van der Waals surface area contributed by atoms with Gasteiger partial charge in [0.05, 0.1) is 0 Å². The molecule has 0 spiro atoms. The molecule has 3 aromatic heterocycles. The third-order valence-electron chi connectivity index (χ3n) is 2.72. The second kappa shape index (κ2) is 6.84. The van der Waals surface area contributed by atoms with Crippen molar-refractivity contribution in [3.05, 3.63) is 34.5 Å². The van der Waals surface area contributed by atoms with Gasteiger partial charge in [-0.1, -0.05) is 10.3 Å². The fraction of sp³-hybridized carbons (Fsp3) is 0.231. The lowest BCUT2D eigenvalue weighted by Gasteiger charge is -1.99. The number of aromatic nitrogens is 3. The van der Waals surface area contributed by atoms with Gasteiger partial charge in [-0.2, -0.15) is 16.3 Å². The molecule has 0 saturated heterocycles. The zero-order chi connectivity index (χ0) is 16.2. The van der Waals surface area contributed by atoms with Crippen molar-refractivity contribution >= 4 is 33.9 Å². The third-order valence-corrected chi connectivity index (χ3v) is 4.56. The first kappa shape index (κ1) is 15.6. The van der Waals surface area contributed by atoms with Crippen LogP contribution in [0.4, 0.5) is 5.82 Å². The number of hydrogen-bond acceptors (Lipinski definition) is 8. The van der Waals surface area contributed by atoms with Gasteiger partial charge in [0, 0.05) is 27.8 Å². The number of nitrogens with one attached hydrogen (secondary N) is 1. The van der Waals surface area contributed by atoms with Crippen LogP contribution in [0, 0.1) is 6.92 Å². The van der Waals surface area contributed by atoms with Crippen molar-refractivity contribution in [2.24, 2.45) is 0 Å². The highest BCUT2D eigenvalue weighted by molar-refractivity contribution is 7.84. The van der Waals surface area contributed by atoms with E-state index in [9.17, 15) is 9.00 Å². The van der Waals surface area contributed by atoms with Crippen molar-refractivity contribution in [2.75, 3.05) is 11.1 Å². The van der Waals surface area contributed by atoms with Crippen LogP contribution in [-0.4, -0.2) is 31.2 Å². The molecule has 0 saturated carbocycles. The molecule has 0 radical (unpaired) electrons. The monoisotopic (exact) mass is 352 g/mol. The number of carbonyl (C=O) groups excluding carboxylic acids is 1. The molecule has 1 amide bonds. The Labute approximate surface area is 137 Å². The number of thiophene rings is 1. The summed E-state index contributed by atoms with van der Waals surface area (Å²) in [5.74, 6) is 0.949. The molecule has 3 rings (SSSR count). The van der Waals surface area contributed by atoms with Crippen LogP contribution in [-0.2, 0) is 21.3 Å². The van der Waals surface area contributed by atoms with Gasteiger partial charge in [0.1, 0.15) is 17.3 Å². The summed E-state index contributed by atoms with van der Waals surface area (Å²) < 4.78 is 21.9. The molecule has 3 heterocycles. The van der Waals surface area contributed by atoms with E-state index in [0.717, 1.165) is 5.56 Å². The predicted molar refractivity (Wildman–Crippen MR) is 84.2 cm³/mol. The van der Waals surface area contributed by atoms with Crippen LogP contribution in [0.25, 0.3) is 11.4 Å². The first-order valence-corrected chi connectivity index (χ1v) is 8.96. The highest BCUT2D eigenvalue weighted by Crippen LogP contribution is 2.19. The molecule has 10 heteroatoms. The molecule has 0 aliphatic heterocycles. The normalized spacial score (nSPS) is 12.2. The van der Waals surface area contributed by atoms with Crippen molar-refractivity contribution in [3.8, 4) is 11.4 Å². The highest BCUT2D eigenvalue weighted by Gasteiger charge is 2.15. The molecule has 0 aliphatic rings. The van der Waals surface area contributed by atoms with Crippen molar-refractivity contribution in [2.45, 2.75) is 12.7 Å². The summed E-state index contributed by atoms with van der Waals surface area (Å²) in [6.45, 7) is 1.71. The number of hydrogen-bond donors (Lipinski definition) is 1. The van der Waals surface area contributed by atoms with Crippen LogP contribution in [0.2, 0.25) is 0 Å². The van der Waals surface area contributed by atoms with E-state index < -0.39 is 16.7 Å². The van der Waals surface area contributed by atoms with Crippen molar-refractivity contribution < 1.29 is 18.0 Å². The second-order valence-corrected chi connectivity index (χ2v) is 6.86. The third kappa shape index (κ3) is 4.11. The molecule has 0 aliphatic carbocycles. The lowest BCUT2D eigenvalue weighted by molar-refractivity contribution is -0.113. The molecule has 0 fully saturated rings. The first-order valence-electron chi connectivity index (χ1n) is 6.53. The van der Waals surface area contributed by atoms with Crippen LogP contribution in [0.1, 0.15) is 11.7 Å².